The highest BCUT2D eigenvalue weighted by Crippen LogP contribution is 2.06. The molecule has 0 heterocycles. The Bertz CT molecular complexity index is 206. The van der Waals surface area contributed by atoms with Crippen LogP contribution in [0.3, 0.4) is 0 Å². The van der Waals surface area contributed by atoms with Crippen molar-refractivity contribution in [1.82, 2.24) is 0 Å². The van der Waals surface area contributed by atoms with Crippen LogP contribution in [0, 0.1) is 11.8 Å². The zero-order valence-electron chi connectivity index (χ0n) is 6.57. The van der Waals surface area contributed by atoms with Crippen molar-refractivity contribution in [3.8, 4) is 11.8 Å². The van der Waals surface area contributed by atoms with Crippen LogP contribution >= 0.6 is 0 Å². The Morgan fingerprint density at radius 1 is 1.00 bits per heavy atom. The summed E-state index contributed by atoms with van der Waals surface area (Å²) in [7, 11) is 0. The highest BCUT2D eigenvalue weighted by Gasteiger charge is 1.88. The summed E-state index contributed by atoms with van der Waals surface area (Å²) in [6.45, 7) is 4.23. The molecule has 0 amide bonds. The summed E-state index contributed by atoms with van der Waals surface area (Å²) < 4.78 is 0. The molecule has 10 heavy (non-hydrogen) atoms. The molecule has 0 saturated carbocycles. The lowest BCUT2D eigenvalue weighted by atomic mass is 10.1. The van der Waals surface area contributed by atoms with E-state index >= 15 is 0 Å². The van der Waals surface area contributed by atoms with Crippen LogP contribution in [0.5, 0.6) is 0 Å². The van der Waals surface area contributed by atoms with E-state index in [4.69, 9.17) is 0 Å². The molecule has 0 atom stereocenters. The van der Waals surface area contributed by atoms with Crippen LogP contribution < -0.4 is 0 Å². The molecule has 0 radical (unpaired) electrons. The first kappa shape index (κ1) is 7.15. The van der Waals surface area contributed by atoms with E-state index in [0.29, 0.717) is 0 Å². The molecule has 0 spiro atoms. The maximum absolute atomic E-state index is 3.11. The fourth-order valence-corrected chi connectivity index (χ4v) is 0.806. The third kappa shape index (κ3) is 2.11. The Balaban J connectivity index is 2.80. The molecule has 52 valence electrons. The Morgan fingerprint density at radius 3 is 1.80 bits per heavy atom. The van der Waals surface area contributed by atoms with E-state index in [-0.39, 0.29) is 0 Å². The van der Waals surface area contributed by atoms with Crippen LogP contribution in [0.1, 0.15) is 26.7 Å². The fraction of sp³-hybridized carbons (Fsp3) is 0.400. The van der Waals surface area contributed by atoms with E-state index < -0.39 is 0 Å². The van der Waals surface area contributed by atoms with Crippen LogP contribution in [-0.2, 0) is 0 Å². The molecule has 0 saturated heterocycles. The molecular weight excluding hydrogens is 120 g/mol. The molecule has 1 rings (SSSR count). The summed E-state index contributed by atoms with van der Waals surface area (Å²) in [5.41, 5.74) is 2.71. The minimum absolute atomic E-state index is 0.934. The number of rotatable bonds is 0. The van der Waals surface area contributed by atoms with Gasteiger partial charge in [0.2, 0.25) is 0 Å². The monoisotopic (exact) mass is 132 g/mol. The van der Waals surface area contributed by atoms with Crippen LogP contribution in [0.25, 0.3) is 0 Å². The second-order valence-electron chi connectivity index (χ2n) is 2.73. The van der Waals surface area contributed by atoms with Crippen LogP contribution in [-0.4, -0.2) is 0 Å². The van der Waals surface area contributed by atoms with E-state index in [2.05, 4.69) is 37.8 Å². The van der Waals surface area contributed by atoms with Gasteiger partial charge in [-0.05, 0) is 13.8 Å². The molecule has 0 aromatic heterocycles. The van der Waals surface area contributed by atoms with Gasteiger partial charge in [-0.3, -0.25) is 0 Å². The lowest BCUT2D eigenvalue weighted by molar-refractivity contribution is 1.19. The van der Waals surface area contributed by atoms with E-state index in [1.807, 2.05) is 0 Å². The third-order valence-electron chi connectivity index (χ3n) is 1.51. The average molecular weight is 132 g/mol. The minimum atomic E-state index is 0.934. The third-order valence-corrected chi connectivity index (χ3v) is 1.51. The van der Waals surface area contributed by atoms with Crippen molar-refractivity contribution in [3.05, 3.63) is 23.3 Å². The van der Waals surface area contributed by atoms with Gasteiger partial charge in [0.1, 0.15) is 0 Å². The number of hydrogen-bond acceptors (Lipinski definition) is 0. The predicted octanol–water partition coefficient (Wildman–Crippen LogP) is 2.68. The van der Waals surface area contributed by atoms with Crippen LogP contribution in [0.4, 0.5) is 0 Å². The largest absolute Gasteiger partial charge is 0.0985 e. The lowest BCUT2D eigenvalue weighted by Crippen LogP contribution is -1.79. The van der Waals surface area contributed by atoms with E-state index in [1.165, 1.54) is 11.1 Å². The van der Waals surface area contributed by atoms with Crippen molar-refractivity contribution in [3.63, 3.8) is 0 Å². The van der Waals surface area contributed by atoms with Gasteiger partial charge >= 0.3 is 0 Å². The summed E-state index contributed by atoms with van der Waals surface area (Å²) in [4.78, 5) is 0. The zero-order chi connectivity index (χ0) is 7.40. The van der Waals surface area contributed by atoms with Gasteiger partial charge in [-0.2, -0.15) is 0 Å². The average Bonchev–Trinajstić information content (AvgIpc) is 1.90. The van der Waals surface area contributed by atoms with Crippen molar-refractivity contribution in [2.75, 3.05) is 0 Å². The van der Waals surface area contributed by atoms with Crippen molar-refractivity contribution >= 4 is 0 Å². The SMILES string of the molecule is C/C1=C/C=C(/C)CC#CC1. The molecule has 0 heteroatoms. The van der Waals surface area contributed by atoms with E-state index in [9.17, 15) is 0 Å². The Kier molecular flexibility index (Phi) is 2.34. The van der Waals surface area contributed by atoms with Crippen molar-refractivity contribution in [2.24, 2.45) is 0 Å². The van der Waals surface area contributed by atoms with Crippen LogP contribution in [0.15, 0.2) is 23.3 Å². The highest BCUT2D eigenvalue weighted by atomic mass is 13.9. The van der Waals surface area contributed by atoms with Crippen molar-refractivity contribution in [2.45, 2.75) is 26.7 Å². The van der Waals surface area contributed by atoms with Gasteiger partial charge in [-0.1, -0.05) is 35.1 Å². The molecule has 0 unspecified atom stereocenters. The van der Waals surface area contributed by atoms with Gasteiger partial charge < -0.3 is 0 Å². The molecule has 0 bridgehead atoms. The Labute approximate surface area is 62.6 Å². The molecule has 0 aromatic rings. The second kappa shape index (κ2) is 3.27. The number of hydrogen-bond donors (Lipinski definition) is 0. The molecule has 0 N–H and O–H groups in total. The lowest BCUT2D eigenvalue weighted by Gasteiger charge is -1.96. The fourth-order valence-electron chi connectivity index (χ4n) is 0.806. The van der Waals surface area contributed by atoms with Gasteiger partial charge in [0.25, 0.3) is 0 Å². The van der Waals surface area contributed by atoms with Gasteiger partial charge in [-0.15, -0.1) is 0 Å². The summed E-state index contributed by atoms with van der Waals surface area (Å²) in [6, 6.07) is 0. The smallest absolute Gasteiger partial charge is 0.0299 e. The van der Waals surface area contributed by atoms with Gasteiger partial charge in [0.05, 0.1) is 0 Å². The van der Waals surface area contributed by atoms with E-state index in [0.717, 1.165) is 12.8 Å². The molecule has 1 aliphatic carbocycles. The first-order chi connectivity index (χ1) is 4.79. The van der Waals surface area contributed by atoms with E-state index in [1.54, 1.807) is 0 Å². The summed E-state index contributed by atoms with van der Waals surface area (Å²) in [5, 5.41) is 0. The summed E-state index contributed by atoms with van der Waals surface area (Å²) in [6.07, 6.45) is 6.18. The van der Waals surface area contributed by atoms with Gasteiger partial charge in [0.15, 0.2) is 0 Å². The Hall–Kier alpha value is -0.960. The second-order valence-corrected chi connectivity index (χ2v) is 2.73. The first-order valence-corrected chi connectivity index (χ1v) is 3.57. The molecule has 0 aliphatic heterocycles. The molecule has 1 aliphatic rings. The standard InChI is InChI=1S/C10H12/c1-9-5-3-4-6-10(2)8-7-9/h7-8H,5-6H2,1-2H3/b9-7-,10-8-. The quantitative estimate of drug-likeness (QED) is 0.444. The topological polar surface area (TPSA) is 0 Å². The summed E-state index contributed by atoms with van der Waals surface area (Å²) in [5.74, 6) is 6.22. The highest BCUT2D eigenvalue weighted by molar-refractivity contribution is 5.25. The van der Waals surface area contributed by atoms with Gasteiger partial charge in [-0.25, -0.2) is 0 Å². The number of allylic oxidation sites excluding steroid dienone is 4. The maximum atomic E-state index is 3.11. The normalized spacial score (nSPS) is 27.8. The molecule has 0 nitrogen and oxygen atoms in total. The van der Waals surface area contributed by atoms with Gasteiger partial charge in [0, 0.05) is 12.8 Å². The summed E-state index contributed by atoms with van der Waals surface area (Å²) >= 11 is 0. The zero-order valence-corrected chi connectivity index (χ0v) is 6.57. The first-order valence-electron chi connectivity index (χ1n) is 3.57. The van der Waals surface area contributed by atoms with Crippen molar-refractivity contribution in [1.29, 1.82) is 0 Å². The minimum Gasteiger partial charge on any atom is -0.0985 e. The van der Waals surface area contributed by atoms with Crippen LogP contribution in [0.2, 0.25) is 0 Å². The van der Waals surface area contributed by atoms with Crippen molar-refractivity contribution < 1.29 is 0 Å². The maximum Gasteiger partial charge on any atom is 0.0299 e. The predicted molar refractivity (Wildman–Crippen MR) is 44.5 cm³/mol. The Morgan fingerprint density at radius 2 is 1.40 bits per heavy atom. The molecule has 0 fully saturated rings. The molecular formula is C10H12. The molecule has 0 aromatic carbocycles.